The molecule has 0 spiro atoms. The number of hydrogen-bond donors (Lipinski definition) is 2. The van der Waals surface area contributed by atoms with Crippen LogP contribution < -0.4 is 0 Å². The molecule has 2 aliphatic rings. The Hall–Kier alpha value is -1.11. The van der Waals surface area contributed by atoms with Gasteiger partial charge in [-0.05, 0) is 44.2 Å². The highest BCUT2D eigenvalue weighted by molar-refractivity contribution is 5.65. The summed E-state index contributed by atoms with van der Waals surface area (Å²) in [5, 5.41) is 17.2. The lowest BCUT2D eigenvalue weighted by atomic mass is 9.71. The van der Waals surface area contributed by atoms with Crippen molar-refractivity contribution in [1.29, 1.82) is 5.41 Å². The number of aliphatic hydroxyl groups is 1. The molecule has 0 aliphatic heterocycles. The Morgan fingerprint density at radius 3 is 3.14 bits per heavy atom. The summed E-state index contributed by atoms with van der Waals surface area (Å²) in [6.07, 6.45) is 8.81. The van der Waals surface area contributed by atoms with Crippen LogP contribution in [0.15, 0.2) is 29.4 Å². The third-order valence-corrected chi connectivity index (χ3v) is 3.17. The lowest BCUT2D eigenvalue weighted by Gasteiger charge is -2.38. The minimum atomic E-state index is -0.603. The average Bonchev–Trinajstić information content (AvgIpc) is 2.16. The van der Waals surface area contributed by atoms with E-state index in [0.717, 1.165) is 24.8 Å². The number of allylic oxidation sites excluding steroid dienone is 3. The van der Waals surface area contributed by atoms with Crippen LogP contribution >= 0.6 is 0 Å². The van der Waals surface area contributed by atoms with Gasteiger partial charge in [0.2, 0.25) is 0 Å². The third kappa shape index (κ3) is 1.47. The van der Waals surface area contributed by atoms with Gasteiger partial charge in [-0.2, -0.15) is 0 Å². The fourth-order valence-electron chi connectivity index (χ4n) is 2.38. The maximum Gasteiger partial charge on any atom is 0.0719 e. The van der Waals surface area contributed by atoms with Gasteiger partial charge >= 0.3 is 0 Å². The van der Waals surface area contributed by atoms with Gasteiger partial charge in [-0.25, -0.2) is 0 Å². The van der Waals surface area contributed by atoms with E-state index >= 15 is 0 Å². The van der Waals surface area contributed by atoms with Crippen LogP contribution in [0, 0.1) is 11.3 Å². The molecule has 0 radical (unpaired) electrons. The van der Waals surface area contributed by atoms with Crippen molar-refractivity contribution in [1.82, 2.24) is 0 Å². The van der Waals surface area contributed by atoms with Crippen LogP contribution in [0.4, 0.5) is 0 Å². The summed E-state index contributed by atoms with van der Waals surface area (Å²) in [6.45, 7) is 1.90. The standard InChI is InChI=1S/C12H15NO/c1-12(14)6-2-3-10-7-9(8-13)4-5-11(10)12/h4-5,7,11,13-14H,2-3,6H2,1H3/t11?,12-/m1/s1. The molecule has 0 heterocycles. The van der Waals surface area contributed by atoms with E-state index < -0.39 is 5.60 Å². The molecular formula is C12H15NO. The molecule has 0 saturated heterocycles. The summed E-state index contributed by atoms with van der Waals surface area (Å²) < 4.78 is 0. The fourth-order valence-corrected chi connectivity index (χ4v) is 2.38. The van der Waals surface area contributed by atoms with Crippen molar-refractivity contribution in [3.8, 4) is 0 Å². The Kier molecular flexibility index (Phi) is 2.18. The second-order valence-corrected chi connectivity index (χ2v) is 4.35. The molecule has 2 atom stereocenters. The molecule has 1 fully saturated rings. The van der Waals surface area contributed by atoms with Gasteiger partial charge in [-0.3, -0.25) is 5.41 Å². The van der Waals surface area contributed by atoms with E-state index in [1.165, 1.54) is 5.57 Å². The Labute approximate surface area is 84.2 Å². The van der Waals surface area contributed by atoms with Crippen molar-refractivity contribution in [3.63, 3.8) is 0 Å². The highest BCUT2D eigenvalue weighted by atomic mass is 16.3. The first-order chi connectivity index (χ1) is 6.63. The van der Waals surface area contributed by atoms with Gasteiger partial charge in [-0.15, -0.1) is 0 Å². The molecule has 1 saturated carbocycles. The van der Waals surface area contributed by atoms with Gasteiger partial charge in [0.1, 0.15) is 0 Å². The van der Waals surface area contributed by atoms with Crippen molar-refractivity contribution in [2.24, 2.45) is 5.92 Å². The quantitative estimate of drug-likeness (QED) is 0.564. The van der Waals surface area contributed by atoms with E-state index in [1.807, 2.05) is 25.2 Å². The Balaban J connectivity index is 2.36. The van der Waals surface area contributed by atoms with Crippen LogP contribution in [-0.2, 0) is 0 Å². The SMILES string of the molecule is C[C@@]1(O)CCCC2=CC(=C=N)C=CC21. The van der Waals surface area contributed by atoms with E-state index in [0.29, 0.717) is 0 Å². The van der Waals surface area contributed by atoms with Crippen LogP contribution in [0.2, 0.25) is 0 Å². The largest absolute Gasteiger partial charge is 0.389 e. The van der Waals surface area contributed by atoms with Gasteiger partial charge in [0.05, 0.1) is 5.60 Å². The van der Waals surface area contributed by atoms with E-state index in [4.69, 9.17) is 5.41 Å². The molecule has 2 nitrogen and oxygen atoms in total. The van der Waals surface area contributed by atoms with Gasteiger partial charge in [0.25, 0.3) is 0 Å². The number of hydrogen-bond acceptors (Lipinski definition) is 2. The van der Waals surface area contributed by atoms with Crippen molar-refractivity contribution in [2.45, 2.75) is 31.8 Å². The van der Waals surface area contributed by atoms with Crippen molar-refractivity contribution in [3.05, 3.63) is 29.4 Å². The monoisotopic (exact) mass is 189 g/mol. The second kappa shape index (κ2) is 3.23. The Morgan fingerprint density at radius 1 is 1.64 bits per heavy atom. The molecule has 2 N–H and O–H groups in total. The minimum absolute atomic E-state index is 0.147. The highest BCUT2D eigenvalue weighted by Gasteiger charge is 2.36. The van der Waals surface area contributed by atoms with Crippen LogP contribution in [0.1, 0.15) is 26.2 Å². The van der Waals surface area contributed by atoms with Gasteiger partial charge in [-0.1, -0.05) is 11.6 Å². The van der Waals surface area contributed by atoms with E-state index in [2.05, 4.69) is 5.87 Å². The predicted octanol–water partition coefficient (Wildman–Crippen LogP) is 2.21. The van der Waals surface area contributed by atoms with Crippen LogP contribution in [0.5, 0.6) is 0 Å². The molecule has 2 rings (SSSR count). The molecule has 14 heavy (non-hydrogen) atoms. The normalized spacial score (nSPS) is 36.0. The average molecular weight is 189 g/mol. The number of nitrogens with one attached hydrogen (secondary N) is 1. The van der Waals surface area contributed by atoms with Crippen LogP contribution in [0.25, 0.3) is 0 Å². The summed E-state index contributed by atoms with van der Waals surface area (Å²) in [5.41, 5.74) is 1.46. The molecular weight excluding hydrogens is 174 g/mol. The number of fused-ring (bicyclic) bond motifs is 1. The molecule has 0 aromatic rings. The van der Waals surface area contributed by atoms with E-state index in [9.17, 15) is 5.11 Å². The first-order valence-electron chi connectivity index (χ1n) is 5.04. The summed E-state index contributed by atoms with van der Waals surface area (Å²) >= 11 is 0. The lowest BCUT2D eigenvalue weighted by Crippen LogP contribution is -2.38. The van der Waals surface area contributed by atoms with Gasteiger partial charge in [0, 0.05) is 11.5 Å². The van der Waals surface area contributed by atoms with Crippen molar-refractivity contribution >= 4 is 5.87 Å². The predicted molar refractivity (Wildman–Crippen MR) is 56.4 cm³/mol. The van der Waals surface area contributed by atoms with Crippen molar-refractivity contribution in [2.75, 3.05) is 0 Å². The number of rotatable bonds is 0. The summed E-state index contributed by atoms with van der Waals surface area (Å²) in [7, 11) is 0. The zero-order chi connectivity index (χ0) is 10.2. The zero-order valence-corrected chi connectivity index (χ0v) is 8.38. The van der Waals surface area contributed by atoms with Gasteiger partial charge < -0.3 is 5.11 Å². The van der Waals surface area contributed by atoms with E-state index in [-0.39, 0.29) is 5.92 Å². The summed E-state index contributed by atoms with van der Waals surface area (Å²) in [4.78, 5) is 0. The van der Waals surface area contributed by atoms with Crippen molar-refractivity contribution < 1.29 is 5.11 Å². The molecule has 0 aromatic heterocycles. The fraction of sp³-hybridized carbons (Fsp3) is 0.500. The smallest absolute Gasteiger partial charge is 0.0719 e. The Morgan fingerprint density at radius 2 is 2.43 bits per heavy atom. The maximum absolute atomic E-state index is 10.2. The minimum Gasteiger partial charge on any atom is -0.389 e. The summed E-state index contributed by atoms with van der Waals surface area (Å²) in [6, 6.07) is 0. The first kappa shape index (κ1) is 9.45. The zero-order valence-electron chi connectivity index (χ0n) is 8.38. The third-order valence-electron chi connectivity index (χ3n) is 3.17. The van der Waals surface area contributed by atoms with Crippen LogP contribution in [0.3, 0.4) is 0 Å². The lowest BCUT2D eigenvalue weighted by molar-refractivity contribution is 0.00796. The molecule has 0 aromatic carbocycles. The molecule has 1 unspecified atom stereocenters. The Bertz CT molecular complexity index is 357. The molecule has 74 valence electrons. The molecule has 2 heteroatoms. The first-order valence-corrected chi connectivity index (χ1v) is 5.04. The highest BCUT2D eigenvalue weighted by Crippen LogP contribution is 2.40. The molecule has 0 bridgehead atoms. The molecule has 2 aliphatic carbocycles. The molecule has 0 amide bonds. The summed E-state index contributed by atoms with van der Waals surface area (Å²) in [5.74, 6) is 2.53. The topological polar surface area (TPSA) is 44.1 Å². The second-order valence-electron chi connectivity index (χ2n) is 4.35. The maximum atomic E-state index is 10.2. The van der Waals surface area contributed by atoms with Crippen LogP contribution in [-0.4, -0.2) is 16.6 Å². The van der Waals surface area contributed by atoms with Gasteiger partial charge in [0.15, 0.2) is 0 Å². The van der Waals surface area contributed by atoms with E-state index in [1.54, 1.807) is 0 Å².